The van der Waals surface area contributed by atoms with E-state index in [0.29, 0.717) is 13.1 Å². The fourth-order valence-electron chi connectivity index (χ4n) is 2.61. The van der Waals surface area contributed by atoms with Gasteiger partial charge in [-0.2, -0.15) is 0 Å². The van der Waals surface area contributed by atoms with E-state index in [1.54, 1.807) is 0 Å². The SMILES string of the molecule is Cc1ccc(CN(C)C(CN)c2cc3ccccc3o2)o1. The summed E-state index contributed by atoms with van der Waals surface area (Å²) >= 11 is 0. The molecular formula is C17H20N2O2. The lowest BCUT2D eigenvalue weighted by Gasteiger charge is -2.24. The van der Waals surface area contributed by atoms with Gasteiger partial charge >= 0.3 is 0 Å². The van der Waals surface area contributed by atoms with Crippen molar-refractivity contribution in [1.82, 2.24) is 4.90 Å². The number of nitrogens with zero attached hydrogens (tertiary/aromatic N) is 1. The highest BCUT2D eigenvalue weighted by Gasteiger charge is 2.20. The number of furan rings is 2. The van der Waals surface area contributed by atoms with Crippen LogP contribution in [0.3, 0.4) is 0 Å². The lowest BCUT2D eigenvalue weighted by Crippen LogP contribution is -2.29. The van der Waals surface area contributed by atoms with Crippen LogP contribution in [0.2, 0.25) is 0 Å². The average molecular weight is 284 g/mol. The summed E-state index contributed by atoms with van der Waals surface area (Å²) in [7, 11) is 2.03. The van der Waals surface area contributed by atoms with Crippen molar-refractivity contribution < 1.29 is 8.83 Å². The largest absolute Gasteiger partial charge is 0.465 e. The number of fused-ring (bicyclic) bond motifs is 1. The Labute approximate surface area is 124 Å². The maximum Gasteiger partial charge on any atom is 0.134 e. The fraction of sp³-hybridized carbons (Fsp3) is 0.294. The van der Waals surface area contributed by atoms with E-state index in [4.69, 9.17) is 14.6 Å². The molecule has 0 bridgehead atoms. The van der Waals surface area contributed by atoms with Gasteiger partial charge in [-0.05, 0) is 38.2 Å². The molecule has 2 heterocycles. The topological polar surface area (TPSA) is 55.5 Å². The van der Waals surface area contributed by atoms with Crippen molar-refractivity contribution in [3.8, 4) is 0 Å². The second kappa shape index (κ2) is 5.76. The molecule has 0 aliphatic heterocycles. The van der Waals surface area contributed by atoms with Gasteiger partial charge in [0.25, 0.3) is 0 Å². The molecule has 4 heteroatoms. The first-order valence-corrected chi connectivity index (χ1v) is 7.11. The molecule has 0 spiro atoms. The van der Waals surface area contributed by atoms with E-state index < -0.39 is 0 Å². The predicted octanol–water partition coefficient (Wildman–Crippen LogP) is 3.47. The maximum atomic E-state index is 5.95. The van der Waals surface area contributed by atoms with E-state index in [0.717, 1.165) is 28.2 Å². The van der Waals surface area contributed by atoms with Gasteiger partial charge in [-0.3, -0.25) is 4.90 Å². The second-order valence-electron chi connectivity index (χ2n) is 5.37. The third kappa shape index (κ3) is 2.86. The van der Waals surface area contributed by atoms with Gasteiger partial charge in [-0.25, -0.2) is 0 Å². The molecule has 110 valence electrons. The molecule has 0 saturated carbocycles. The van der Waals surface area contributed by atoms with Crippen molar-refractivity contribution in [2.24, 2.45) is 5.73 Å². The first-order valence-electron chi connectivity index (χ1n) is 7.11. The van der Waals surface area contributed by atoms with Crippen molar-refractivity contribution in [1.29, 1.82) is 0 Å². The molecule has 1 atom stereocenters. The maximum absolute atomic E-state index is 5.95. The number of rotatable bonds is 5. The van der Waals surface area contributed by atoms with Gasteiger partial charge < -0.3 is 14.6 Å². The molecule has 2 aromatic heterocycles. The number of likely N-dealkylation sites (N-methyl/N-ethyl adjacent to an activating group) is 1. The van der Waals surface area contributed by atoms with E-state index in [2.05, 4.69) is 11.0 Å². The molecule has 2 N–H and O–H groups in total. The zero-order valence-corrected chi connectivity index (χ0v) is 12.4. The predicted molar refractivity (Wildman–Crippen MR) is 82.9 cm³/mol. The number of benzene rings is 1. The van der Waals surface area contributed by atoms with Crippen LogP contribution >= 0.6 is 0 Å². The van der Waals surface area contributed by atoms with Crippen LogP contribution in [-0.2, 0) is 6.54 Å². The Kier molecular flexibility index (Phi) is 3.82. The smallest absolute Gasteiger partial charge is 0.134 e. The molecule has 21 heavy (non-hydrogen) atoms. The molecule has 0 radical (unpaired) electrons. The van der Waals surface area contributed by atoms with Crippen LogP contribution in [0.1, 0.15) is 23.3 Å². The van der Waals surface area contributed by atoms with Crippen LogP contribution in [0.5, 0.6) is 0 Å². The highest BCUT2D eigenvalue weighted by atomic mass is 16.3. The summed E-state index contributed by atoms with van der Waals surface area (Å²) in [4.78, 5) is 2.15. The first-order chi connectivity index (χ1) is 10.2. The lowest BCUT2D eigenvalue weighted by molar-refractivity contribution is 0.200. The van der Waals surface area contributed by atoms with E-state index in [-0.39, 0.29) is 6.04 Å². The molecule has 0 aliphatic rings. The zero-order chi connectivity index (χ0) is 14.8. The van der Waals surface area contributed by atoms with Crippen LogP contribution < -0.4 is 5.73 Å². The van der Waals surface area contributed by atoms with Gasteiger partial charge in [0.2, 0.25) is 0 Å². The first kappa shape index (κ1) is 13.9. The van der Waals surface area contributed by atoms with Crippen LogP contribution in [0.25, 0.3) is 11.0 Å². The van der Waals surface area contributed by atoms with Crippen LogP contribution in [-0.4, -0.2) is 18.5 Å². The van der Waals surface area contributed by atoms with Crippen molar-refractivity contribution >= 4 is 11.0 Å². The number of nitrogens with two attached hydrogens (primary N) is 1. The van der Waals surface area contributed by atoms with E-state index in [1.165, 1.54) is 0 Å². The summed E-state index contributed by atoms with van der Waals surface area (Å²) in [6.45, 7) is 3.14. The van der Waals surface area contributed by atoms with Crippen LogP contribution in [0.4, 0.5) is 0 Å². The third-order valence-electron chi connectivity index (χ3n) is 3.73. The Morgan fingerprint density at radius 2 is 1.95 bits per heavy atom. The minimum Gasteiger partial charge on any atom is -0.465 e. The molecule has 0 fully saturated rings. The fourth-order valence-corrected chi connectivity index (χ4v) is 2.61. The zero-order valence-electron chi connectivity index (χ0n) is 12.4. The summed E-state index contributed by atoms with van der Waals surface area (Å²) in [5.41, 5.74) is 6.85. The van der Waals surface area contributed by atoms with Crippen molar-refractivity contribution in [3.63, 3.8) is 0 Å². The van der Waals surface area contributed by atoms with Crippen LogP contribution in [0, 0.1) is 6.92 Å². The minimum atomic E-state index is 0.0304. The minimum absolute atomic E-state index is 0.0304. The van der Waals surface area contributed by atoms with E-state index >= 15 is 0 Å². The van der Waals surface area contributed by atoms with Crippen LogP contribution in [0.15, 0.2) is 51.3 Å². The highest BCUT2D eigenvalue weighted by molar-refractivity contribution is 5.77. The van der Waals surface area contributed by atoms with Gasteiger partial charge in [0.15, 0.2) is 0 Å². The summed E-state index contributed by atoms with van der Waals surface area (Å²) in [5, 5.41) is 1.10. The molecular weight excluding hydrogens is 264 g/mol. The second-order valence-corrected chi connectivity index (χ2v) is 5.37. The molecule has 1 aromatic carbocycles. The molecule has 3 rings (SSSR count). The standard InChI is InChI=1S/C17H20N2O2/c1-12-7-8-14(20-12)11-19(2)15(10-18)17-9-13-5-3-4-6-16(13)21-17/h3-9,15H,10-11,18H2,1-2H3. The van der Waals surface area contributed by atoms with Gasteiger partial charge in [0, 0.05) is 11.9 Å². The Morgan fingerprint density at radius 1 is 1.14 bits per heavy atom. The Balaban J connectivity index is 1.83. The van der Waals surface area contributed by atoms with Gasteiger partial charge in [-0.15, -0.1) is 0 Å². The van der Waals surface area contributed by atoms with Crippen molar-refractivity contribution in [2.45, 2.75) is 19.5 Å². The van der Waals surface area contributed by atoms with Gasteiger partial charge in [-0.1, -0.05) is 18.2 Å². The Hall–Kier alpha value is -2.04. The summed E-state index contributed by atoms with van der Waals surface area (Å²) < 4.78 is 11.6. The Bertz CT molecular complexity index is 696. The molecule has 3 aromatic rings. The van der Waals surface area contributed by atoms with E-state index in [1.807, 2.05) is 50.4 Å². The van der Waals surface area contributed by atoms with Crippen molar-refractivity contribution in [2.75, 3.05) is 13.6 Å². The normalized spacial score (nSPS) is 13.1. The molecule has 0 aliphatic carbocycles. The highest BCUT2D eigenvalue weighted by Crippen LogP contribution is 2.27. The van der Waals surface area contributed by atoms with Gasteiger partial charge in [0.1, 0.15) is 22.9 Å². The number of para-hydroxylation sites is 1. The summed E-state index contributed by atoms with van der Waals surface area (Å²) in [5.74, 6) is 2.75. The molecule has 1 unspecified atom stereocenters. The third-order valence-corrected chi connectivity index (χ3v) is 3.73. The van der Waals surface area contributed by atoms with E-state index in [9.17, 15) is 0 Å². The number of hydrogen-bond acceptors (Lipinski definition) is 4. The lowest BCUT2D eigenvalue weighted by atomic mass is 10.1. The quantitative estimate of drug-likeness (QED) is 0.779. The van der Waals surface area contributed by atoms with Gasteiger partial charge in [0.05, 0.1) is 12.6 Å². The average Bonchev–Trinajstić information content (AvgIpc) is 3.05. The monoisotopic (exact) mass is 284 g/mol. The molecule has 0 amide bonds. The molecule has 4 nitrogen and oxygen atoms in total. The Morgan fingerprint density at radius 3 is 2.62 bits per heavy atom. The van der Waals surface area contributed by atoms with Crippen molar-refractivity contribution in [3.05, 3.63) is 59.7 Å². The molecule has 0 saturated heterocycles. The number of aryl methyl sites for hydroxylation is 1. The number of hydrogen-bond donors (Lipinski definition) is 1. The summed E-state index contributed by atoms with van der Waals surface area (Å²) in [6.07, 6.45) is 0. The summed E-state index contributed by atoms with van der Waals surface area (Å²) in [6, 6.07) is 14.1.